The Labute approximate surface area is 131 Å². The zero-order valence-electron chi connectivity index (χ0n) is 12.2. The summed E-state index contributed by atoms with van der Waals surface area (Å²) in [7, 11) is 1.53. The fourth-order valence-electron chi connectivity index (χ4n) is 2.64. The Kier molecular flexibility index (Phi) is 4.13. The summed E-state index contributed by atoms with van der Waals surface area (Å²) in [5, 5.41) is 13.1. The first kappa shape index (κ1) is 15.0. The van der Waals surface area contributed by atoms with Crippen LogP contribution in [0.1, 0.15) is 28.1 Å². The van der Waals surface area contributed by atoms with Crippen LogP contribution in [0, 0.1) is 5.92 Å². The van der Waals surface area contributed by atoms with Crippen LogP contribution < -0.4 is 5.32 Å². The van der Waals surface area contributed by atoms with Gasteiger partial charge in [0.25, 0.3) is 0 Å². The molecule has 3 rings (SSSR count). The molecule has 1 aromatic carbocycles. The van der Waals surface area contributed by atoms with Crippen LogP contribution in [0.2, 0.25) is 0 Å². The van der Waals surface area contributed by atoms with Gasteiger partial charge >= 0.3 is 5.97 Å². The summed E-state index contributed by atoms with van der Waals surface area (Å²) in [5.41, 5.74) is 0.659. The Bertz CT molecular complexity index is 720. The minimum Gasteiger partial charge on any atom is -0.477 e. The maximum absolute atomic E-state index is 12.2. The number of amides is 1. The molecule has 1 amide bonds. The second kappa shape index (κ2) is 6.06. The van der Waals surface area contributed by atoms with E-state index in [1.165, 1.54) is 18.4 Å². The zero-order chi connectivity index (χ0) is 15.7. The molecule has 1 fully saturated rings. The van der Waals surface area contributed by atoms with Crippen LogP contribution in [0.5, 0.6) is 0 Å². The molecule has 1 aliphatic carbocycles. The lowest BCUT2D eigenvalue weighted by Gasteiger charge is -2.14. The third-order valence-corrected chi connectivity index (χ3v) is 5.10. The molecule has 1 aromatic heterocycles. The van der Waals surface area contributed by atoms with Crippen molar-refractivity contribution in [2.75, 3.05) is 7.11 Å². The maximum Gasteiger partial charge on any atom is 0.346 e. The summed E-state index contributed by atoms with van der Waals surface area (Å²) < 4.78 is 6.16. The molecule has 116 valence electrons. The van der Waals surface area contributed by atoms with Gasteiger partial charge in [0.05, 0.1) is 0 Å². The third kappa shape index (κ3) is 2.84. The van der Waals surface area contributed by atoms with Crippen LogP contribution in [0.25, 0.3) is 10.1 Å². The van der Waals surface area contributed by atoms with Crippen LogP contribution in [0.4, 0.5) is 0 Å². The summed E-state index contributed by atoms with van der Waals surface area (Å²) >= 11 is 1.23. The van der Waals surface area contributed by atoms with Gasteiger partial charge in [-0.3, -0.25) is 4.79 Å². The Morgan fingerprint density at radius 2 is 2.14 bits per heavy atom. The molecule has 0 radical (unpaired) electrons. The molecule has 0 spiro atoms. The number of nitrogens with one attached hydrogen (secondary N) is 1. The van der Waals surface area contributed by atoms with E-state index in [-0.39, 0.29) is 17.3 Å². The van der Waals surface area contributed by atoms with Crippen molar-refractivity contribution in [2.24, 2.45) is 5.92 Å². The number of rotatable bonds is 6. The van der Waals surface area contributed by atoms with E-state index in [1.807, 2.05) is 24.3 Å². The molecular formula is C16H17NO4S. The van der Waals surface area contributed by atoms with E-state index in [1.54, 1.807) is 0 Å². The lowest BCUT2D eigenvalue weighted by Crippen LogP contribution is -2.37. The summed E-state index contributed by atoms with van der Waals surface area (Å²) in [4.78, 5) is 23.9. The van der Waals surface area contributed by atoms with E-state index in [9.17, 15) is 14.7 Å². The first-order valence-corrected chi connectivity index (χ1v) is 7.97. The highest BCUT2D eigenvalue weighted by molar-refractivity contribution is 7.21. The third-order valence-electron chi connectivity index (χ3n) is 3.89. The van der Waals surface area contributed by atoms with E-state index in [4.69, 9.17) is 4.74 Å². The summed E-state index contributed by atoms with van der Waals surface area (Å²) in [6.45, 7) is 0.205. The molecule has 5 nitrogen and oxygen atoms in total. The predicted molar refractivity (Wildman–Crippen MR) is 84.2 cm³/mol. The fourth-order valence-corrected chi connectivity index (χ4v) is 3.70. The number of hydrogen-bond donors (Lipinski definition) is 2. The predicted octanol–water partition coefficient (Wildman–Crippen LogP) is 2.64. The highest BCUT2D eigenvalue weighted by Gasteiger charge is 2.36. The number of hydrogen-bond acceptors (Lipinski definition) is 4. The molecule has 0 aliphatic heterocycles. The highest BCUT2D eigenvalue weighted by atomic mass is 32.1. The van der Waals surface area contributed by atoms with E-state index in [2.05, 4.69) is 5.32 Å². The molecule has 0 saturated heterocycles. The number of ether oxygens (including phenoxy) is 1. The van der Waals surface area contributed by atoms with Gasteiger partial charge in [-0.2, -0.15) is 0 Å². The van der Waals surface area contributed by atoms with Crippen molar-refractivity contribution >= 4 is 33.3 Å². The average molecular weight is 319 g/mol. The topological polar surface area (TPSA) is 75.6 Å². The molecule has 1 aliphatic rings. The number of carboxylic acid groups (broad SMARTS) is 1. The molecule has 2 N–H and O–H groups in total. The Morgan fingerprint density at radius 3 is 2.77 bits per heavy atom. The van der Waals surface area contributed by atoms with E-state index in [0.29, 0.717) is 11.5 Å². The molecule has 0 bridgehead atoms. The standard InChI is InChI=1S/C16H17NO4S/c1-21-13(9-6-7-9)15(18)17-8-11-10-4-2-3-5-12(10)22-14(11)16(19)20/h2-5,9,13H,6-8H2,1H3,(H,17,18)(H,19,20)/t13-/m0/s1. The monoisotopic (exact) mass is 319 g/mol. The van der Waals surface area contributed by atoms with E-state index in [0.717, 1.165) is 22.9 Å². The van der Waals surface area contributed by atoms with Gasteiger partial charge < -0.3 is 15.2 Å². The van der Waals surface area contributed by atoms with Crippen molar-refractivity contribution in [1.82, 2.24) is 5.32 Å². The molecule has 2 aromatic rings. The first-order chi connectivity index (χ1) is 10.6. The van der Waals surface area contributed by atoms with Gasteiger partial charge in [0, 0.05) is 23.9 Å². The minimum atomic E-state index is -0.962. The largest absolute Gasteiger partial charge is 0.477 e. The van der Waals surface area contributed by atoms with Gasteiger partial charge in [0.1, 0.15) is 11.0 Å². The molecule has 6 heteroatoms. The molecular weight excluding hydrogens is 302 g/mol. The van der Waals surface area contributed by atoms with Gasteiger partial charge in [-0.1, -0.05) is 18.2 Å². The lowest BCUT2D eigenvalue weighted by molar-refractivity contribution is -0.132. The number of benzene rings is 1. The fraction of sp³-hybridized carbons (Fsp3) is 0.375. The molecule has 1 heterocycles. The van der Waals surface area contributed by atoms with Gasteiger partial charge in [-0.05, 0) is 30.2 Å². The van der Waals surface area contributed by atoms with Gasteiger partial charge in [-0.25, -0.2) is 4.79 Å². The van der Waals surface area contributed by atoms with Crippen LogP contribution in [0.15, 0.2) is 24.3 Å². The van der Waals surface area contributed by atoms with Crippen molar-refractivity contribution in [2.45, 2.75) is 25.5 Å². The summed E-state index contributed by atoms with van der Waals surface area (Å²) in [6, 6.07) is 7.52. The average Bonchev–Trinajstić information content (AvgIpc) is 3.26. The molecule has 1 saturated carbocycles. The Hall–Kier alpha value is -1.92. The number of fused-ring (bicyclic) bond motifs is 1. The Morgan fingerprint density at radius 1 is 1.41 bits per heavy atom. The van der Waals surface area contributed by atoms with Crippen LogP contribution >= 0.6 is 11.3 Å². The lowest BCUT2D eigenvalue weighted by atomic mass is 10.1. The van der Waals surface area contributed by atoms with Crippen molar-refractivity contribution < 1.29 is 19.4 Å². The van der Waals surface area contributed by atoms with Crippen molar-refractivity contribution in [3.8, 4) is 0 Å². The number of methoxy groups -OCH3 is 1. The normalized spacial score (nSPS) is 15.7. The summed E-state index contributed by atoms with van der Waals surface area (Å²) in [6.07, 6.45) is 1.58. The van der Waals surface area contributed by atoms with Crippen LogP contribution in [-0.2, 0) is 16.1 Å². The maximum atomic E-state index is 12.2. The SMILES string of the molecule is CO[C@H](C(=O)NCc1c(C(=O)O)sc2ccccc12)C1CC1. The van der Waals surface area contributed by atoms with E-state index >= 15 is 0 Å². The van der Waals surface area contributed by atoms with Crippen molar-refractivity contribution in [3.05, 3.63) is 34.7 Å². The number of aromatic carboxylic acids is 1. The van der Waals surface area contributed by atoms with Gasteiger partial charge in [0.15, 0.2) is 0 Å². The van der Waals surface area contributed by atoms with Crippen LogP contribution in [-0.4, -0.2) is 30.2 Å². The Balaban J connectivity index is 1.82. The first-order valence-electron chi connectivity index (χ1n) is 7.16. The quantitative estimate of drug-likeness (QED) is 0.858. The van der Waals surface area contributed by atoms with Crippen molar-refractivity contribution in [3.63, 3.8) is 0 Å². The molecule has 0 unspecified atom stereocenters. The van der Waals surface area contributed by atoms with Gasteiger partial charge in [-0.15, -0.1) is 11.3 Å². The number of thiophene rings is 1. The summed E-state index contributed by atoms with van der Waals surface area (Å²) in [5.74, 6) is -0.837. The number of carboxylic acids is 1. The smallest absolute Gasteiger partial charge is 0.346 e. The van der Waals surface area contributed by atoms with Crippen molar-refractivity contribution in [1.29, 1.82) is 0 Å². The zero-order valence-corrected chi connectivity index (χ0v) is 13.0. The molecule has 1 atom stereocenters. The van der Waals surface area contributed by atoms with Crippen LogP contribution in [0.3, 0.4) is 0 Å². The van der Waals surface area contributed by atoms with E-state index < -0.39 is 12.1 Å². The second-order valence-electron chi connectivity index (χ2n) is 5.42. The molecule has 22 heavy (non-hydrogen) atoms. The second-order valence-corrected chi connectivity index (χ2v) is 6.47. The van der Waals surface area contributed by atoms with Gasteiger partial charge in [0.2, 0.25) is 5.91 Å². The number of carbonyl (C=O) groups is 2. The highest BCUT2D eigenvalue weighted by Crippen LogP contribution is 2.34. The minimum absolute atomic E-state index is 0.170. The number of carbonyl (C=O) groups excluding carboxylic acids is 1.